The van der Waals surface area contributed by atoms with Crippen molar-refractivity contribution in [2.45, 2.75) is 84.2 Å². The van der Waals surface area contributed by atoms with Gasteiger partial charge in [-0.25, -0.2) is 4.79 Å². The third-order valence-corrected chi connectivity index (χ3v) is 7.65. The zero-order chi connectivity index (χ0) is 25.9. The highest BCUT2D eigenvalue weighted by molar-refractivity contribution is 6.62. The van der Waals surface area contributed by atoms with Gasteiger partial charge < -0.3 is 19.0 Å². The highest BCUT2D eigenvalue weighted by atomic mass is 16.7. The highest BCUT2D eigenvalue weighted by Gasteiger charge is 2.51. The highest BCUT2D eigenvalue weighted by Crippen LogP contribution is 2.37. The number of benzene rings is 2. The molecule has 2 aromatic carbocycles. The minimum Gasteiger partial charge on any atom is -0.444 e. The van der Waals surface area contributed by atoms with E-state index >= 15 is 0 Å². The van der Waals surface area contributed by atoms with E-state index in [4.69, 9.17) is 14.0 Å². The summed E-state index contributed by atoms with van der Waals surface area (Å²) in [6.07, 6.45) is 1.66. The van der Waals surface area contributed by atoms with Gasteiger partial charge in [-0.2, -0.15) is 0 Å². The summed E-state index contributed by atoms with van der Waals surface area (Å²) < 4.78 is 18.1. The first kappa shape index (κ1) is 24.9. The maximum atomic E-state index is 12.7. The smallest absolute Gasteiger partial charge is 0.444 e. The average Bonchev–Trinajstić information content (AvgIpc) is 3.49. The number of aromatic amines is 1. The summed E-state index contributed by atoms with van der Waals surface area (Å²) in [5.41, 5.74) is 3.00. The summed E-state index contributed by atoms with van der Waals surface area (Å²) in [7, 11) is -0.371. The predicted molar refractivity (Wildman–Crippen MR) is 144 cm³/mol. The van der Waals surface area contributed by atoms with Gasteiger partial charge in [-0.3, -0.25) is 4.90 Å². The molecular formula is C29H37BN2O4. The lowest BCUT2D eigenvalue weighted by molar-refractivity contribution is 0.00578. The van der Waals surface area contributed by atoms with E-state index in [0.717, 1.165) is 52.6 Å². The third-order valence-electron chi connectivity index (χ3n) is 7.65. The number of hydrogen-bond acceptors (Lipinski definition) is 4. The van der Waals surface area contributed by atoms with Crippen LogP contribution in [0.4, 0.5) is 4.79 Å². The van der Waals surface area contributed by atoms with Gasteiger partial charge in [-0.05, 0) is 101 Å². The molecule has 0 aliphatic carbocycles. The van der Waals surface area contributed by atoms with Crippen LogP contribution in [0, 0.1) is 0 Å². The van der Waals surface area contributed by atoms with E-state index in [1.54, 1.807) is 0 Å². The number of aromatic nitrogens is 1. The largest absolute Gasteiger partial charge is 0.494 e. The standard InChI is InChI=1S/C29H37BN2O4/c1-27(2,3)34-26(33)32-16-8-9-25(32)24-15-14-23(31-24)21-11-10-20-18-22(13-12-19(20)17-21)30-35-28(4,5)29(6,7)36-30/h10-15,17-18,25,31H,8-9,16H2,1-7H3. The summed E-state index contributed by atoms with van der Waals surface area (Å²) in [4.78, 5) is 18.1. The molecule has 0 spiro atoms. The normalized spacial score (nSPS) is 21.4. The fraction of sp³-hybridized carbons (Fsp3) is 0.483. The summed E-state index contributed by atoms with van der Waals surface area (Å²) >= 11 is 0. The van der Waals surface area contributed by atoms with Gasteiger partial charge in [-0.15, -0.1) is 0 Å². The van der Waals surface area contributed by atoms with Crippen molar-refractivity contribution in [3.63, 3.8) is 0 Å². The lowest BCUT2D eigenvalue weighted by atomic mass is 9.78. The molecule has 36 heavy (non-hydrogen) atoms. The fourth-order valence-electron chi connectivity index (χ4n) is 4.96. The van der Waals surface area contributed by atoms with Crippen LogP contribution in [0.3, 0.4) is 0 Å². The lowest BCUT2D eigenvalue weighted by Gasteiger charge is -2.32. The van der Waals surface area contributed by atoms with E-state index in [1.165, 1.54) is 0 Å². The zero-order valence-corrected chi connectivity index (χ0v) is 22.5. The minimum atomic E-state index is -0.501. The van der Waals surface area contributed by atoms with Gasteiger partial charge in [0.25, 0.3) is 0 Å². The van der Waals surface area contributed by atoms with Gasteiger partial charge in [0.1, 0.15) is 5.60 Å². The zero-order valence-electron chi connectivity index (χ0n) is 22.5. The Morgan fingerprint density at radius 2 is 1.67 bits per heavy atom. The van der Waals surface area contributed by atoms with E-state index in [1.807, 2.05) is 25.7 Å². The van der Waals surface area contributed by atoms with Crippen LogP contribution in [0.1, 0.15) is 73.0 Å². The molecule has 3 heterocycles. The number of ether oxygens (including phenoxy) is 1. The molecule has 190 valence electrons. The number of nitrogens with zero attached hydrogens (tertiary/aromatic N) is 1. The van der Waals surface area contributed by atoms with Crippen LogP contribution in [0.2, 0.25) is 0 Å². The molecule has 0 bridgehead atoms. The van der Waals surface area contributed by atoms with Gasteiger partial charge in [0.2, 0.25) is 0 Å². The molecule has 1 atom stereocenters. The Labute approximate surface area is 214 Å². The van der Waals surface area contributed by atoms with Crippen LogP contribution in [0.25, 0.3) is 22.0 Å². The number of likely N-dealkylation sites (tertiary alicyclic amines) is 1. The minimum absolute atomic E-state index is 0.0107. The molecule has 1 N–H and O–H groups in total. The van der Waals surface area contributed by atoms with E-state index in [0.29, 0.717) is 0 Å². The van der Waals surface area contributed by atoms with Crippen LogP contribution in [-0.4, -0.2) is 46.4 Å². The van der Waals surface area contributed by atoms with Crippen molar-refractivity contribution in [2.24, 2.45) is 0 Å². The molecule has 0 saturated carbocycles. The van der Waals surface area contributed by atoms with Crippen molar-refractivity contribution in [2.75, 3.05) is 6.54 Å². The Kier molecular flexibility index (Phi) is 6.00. The van der Waals surface area contributed by atoms with Crippen molar-refractivity contribution >= 4 is 29.4 Å². The van der Waals surface area contributed by atoms with Crippen LogP contribution in [0.15, 0.2) is 48.5 Å². The molecule has 2 fully saturated rings. The number of H-pyrrole nitrogens is 1. The van der Waals surface area contributed by atoms with Crippen LogP contribution < -0.4 is 5.46 Å². The average molecular weight is 488 g/mol. The molecule has 1 aromatic heterocycles. The van der Waals surface area contributed by atoms with Crippen molar-refractivity contribution in [1.29, 1.82) is 0 Å². The molecule has 5 rings (SSSR count). The van der Waals surface area contributed by atoms with E-state index in [9.17, 15) is 4.79 Å². The quantitative estimate of drug-likeness (QED) is 0.446. The molecule has 0 radical (unpaired) electrons. The van der Waals surface area contributed by atoms with Crippen molar-refractivity contribution in [3.8, 4) is 11.3 Å². The van der Waals surface area contributed by atoms with Crippen molar-refractivity contribution in [3.05, 3.63) is 54.2 Å². The number of carbonyl (C=O) groups excluding carboxylic acids is 1. The first-order valence-corrected chi connectivity index (χ1v) is 12.9. The number of rotatable bonds is 3. The van der Waals surface area contributed by atoms with Crippen LogP contribution in [-0.2, 0) is 14.0 Å². The van der Waals surface area contributed by atoms with Crippen LogP contribution >= 0.6 is 0 Å². The first-order valence-electron chi connectivity index (χ1n) is 12.9. The Morgan fingerprint density at radius 1 is 1.00 bits per heavy atom. The molecular weight excluding hydrogens is 451 g/mol. The topological polar surface area (TPSA) is 63.8 Å². The maximum Gasteiger partial charge on any atom is 0.494 e. The monoisotopic (exact) mass is 488 g/mol. The second kappa shape index (κ2) is 8.67. The molecule has 2 saturated heterocycles. The molecule has 1 unspecified atom stereocenters. The van der Waals surface area contributed by atoms with Crippen molar-refractivity contribution < 1.29 is 18.8 Å². The molecule has 2 aliphatic rings. The Morgan fingerprint density at radius 3 is 2.36 bits per heavy atom. The SMILES string of the molecule is CC(C)(C)OC(=O)N1CCCC1c1ccc(-c2ccc3cc(B4OC(C)(C)C(C)(C)O4)ccc3c2)[nH]1. The van der Waals surface area contributed by atoms with E-state index in [-0.39, 0.29) is 30.5 Å². The third kappa shape index (κ3) is 4.67. The number of hydrogen-bond donors (Lipinski definition) is 1. The number of fused-ring (bicyclic) bond motifs is 1. The second-order valence-electron chi connectivity index (χ2n) is 12.1. The lowest BCUT2D eigenvalue weighted by Crippen LogP contribution is -2.41. The molecule has 3 aromatic rings. The van der Waals surface area contributed by atoms with E-state index < -0.39 is 5.60 Å². The summed E-state index contributed by atoms with van der Waals surface area (Å²) in [6.45, 7) is 14.7. The van der Waals surface area contributed by atoms with Crippen molar-refractivity contribution in [1.82, 2.24) is 9.88 Å². The number of nitrogens with one attached hydrogen (secondary N) is 1. The Balaban J connectivity index is 1.35. The molecule has 7 heteroatoms. The summed E-state index contributed by atoms with van der Waals surface area (Å²) in [5.74, 6) is 0. The summed E-state index contributed by atoms with van der Waals surface area (Å²) in [6, 6.07) is 17.0. The molecule has 2 aliphatic heterocycles. The summed E-state index contributed by atoms with van der Waals surface area (Å²) in [5, 5.41) is 2.30. The fourth-order valence-corrected chi connectivity index (χ4v) is 4.96. The Hall–Kier alpha value is -2.77. The van der Waals surface area contributed by atoms with Gasteiger partial charge in [0.05, 0.1) is 17.2 Å². The molecule has 6 nitrogen and oxygen atoms in total. The van der Waals surface area contributed by atoms with Gasteiger partial charge in [-0.1, -0.05) is 30.3 Å². The van der Waals surface area contributed by atoms with Gasteiger partial charge >= 0.3 is 13.2 Å². The van der Waals surface area contributed by atoms with Crippen LogP contribution in [0.5, 0.6) is 0 Å². The maximum absolute atomic E-state index is 12.7. The second-order valence-corrected chi connectivity index (χ2v) is 12.1. The number of amides is 1. The van der Waals surface area contributed by atoms with Gasteiger partial charge in [0.15, 0.2) is 0 Å². The number of carbonyl (C=O) groups is 1. The molecule has 1 amide bonds. The Bertz CT molecular complexity index is 1270. The van der Waals surface area contributed by atoms with E-state index in [2.05, 4.69) is 81.2 Å². The predicted octanol–water partition coefficient (Wildman–Crippen LogP) is 6.21. The van der Waals surface area contributed by atoms with Gasteiger partial charge in [0, 0.05) is 17.9 Å². The first-order chi connectivity index (χ1) is 16.8.